The van der Waals surface area contributed by atoms with Crippen molar-refractivity contribution in [1.29, 1.82) is 0 Å². The first-order valence-electron chi connectivity index (χ1n) is 20.3. The Bertz CT molecular complexity index is 1530. The number of hydrogen-bond acceptors (Lipinski definition) is 4. The standard InChI is InChI=1S/C14H16F12O2.C13H14F12O.C10H14F6O/c1-5-3-7(9(27,11(15,16)17)12(18,19)20)6(2)8(4-5)10(28,13(21,22)23)14(24,25)26;1-8(10(14,15)16,11(17,18)19)6-2-4-7(5-3-6)9(26,12(20,21)22)13(23,24)25;1-6-2-4-7(5-3-6)8(17,9(11,12)13)10(14,15)16/h5-8,27-28H,3-4H2,1-2H3;6-7,26H,2-5H2,1H3;6-7,17H,2-5H2,1H3. The topological polar surface area (TPSA) is 80.9 Å². The van der Waals surface area contributed by atoms with Gasteiger partial charge < -0.3 is 20.4 Å². The van der Waals surface area contributed by atoms with Gasteiger partial charge in [-0.2, -0.15) is 132 Å². The van der Waals surface area contributed by atoms with Crippen LogP contribution in [0.5, 0.6) is 0 Å². The molecule has 0 radical (unpaired) electrons. The van der Waals surface area contributed by atoms with Crippen molar-refractivity contribution in [3.8, 4) is 0 Å². The first-order valence-corrected chi connectivity index (χ1v) is 20.3. The summed E-state index contributed by atoms with van der Waals surface area (Å²) in [4.78, 5) is 0. The normalized spacial score (nSPS) is 27.3. The van der Waals surface area contributed by atoms with Gasteiger partial charge in [-0.25, -0.2) is 0 Å². The highest BCUT2D eigenvalue weighted by Crippen LogP contribution is 2.63. The van der Waals surface area contributed by atoms with E-state index in [-0.39, 0.29) is 38.5 Å². The summed E-state index contributed by atoms with van der Waals surface area (Å²) in [6, 6.07) is 0. The average molecular weight is 1120 g/mol. The summed E-state index contributed by atoms with van der Waals surface area (Å²) in [5.74, 6) is -16.9. The Morgan fingerprint density at radius 1 is 0.268 bits per heavy atom. The second-order valence-electron chi connectivity index (χ2n) is 18.4. The third-order valence-corrected chi connectivity index (χ3v) is 14.0. The molecule has 3 rings (SSSR count). The lowest BCUT2D eigenvalue weighted by molar-refractivity contribution is -0.412. The van der Waals surface area contributed by atoms with Crippen molar-refractivity contribution in [2.45, 2.75) is 176 Å². The van der Waals surface area contributed by atoms with Gasteiger partial charge in [0.25, 0.3) is 22.4 Å². The molecule has 0 heterocycles. The second kappa shape index (κ2) is 20.4. The Kier molecular flexibility index (Phi) is 19.1. The number of halogens is 30. The molecule has 426 valence electrons. The zero-order valence-corrected chi connectivity index (χ0v) is 36.3. The molecule has 2 unspecified atom stereocenters. The van der Waals surface area contributed by atoms with E-state index in [4.69, 9.17) is 5.11 Å². The average Bonchev–Trinajstić information content (AvgIpc) is 3.13. The van der Waals surface area contributed by atoms with Crippen molar-refractivity contribution in [2.24, 2.45) is 52.8 Å². The Morgan fingerprint density at radius 2 is 0.465 bits per heavy atom. The van der Waals surface area contributed by atoms with E-state index >= 15 is 0 Å². The Morgan fingerprint density at radius 3 is 0.662 bits per heavy atom. The fourth-order valence-electron chi connectivity index (χ4n) is 9.57. The van der Waals surface area contributed by atoms with Gasteiger partial charge in [-0.3, -0.25) is 0 Å². The van der Waals surface area contributed by atoms with Gasteiger partial charge >= 0.3 is 61.8 Å². The van der Waals surface area contributed by atoms with Gasteiger partial charge in [0.1, 0.15) is 0 Å². The molecule has 3 aliphatic rings. The van der Waals surface area contributed by atoms with E-state index in [1.165, 1.54) is 0 Å². The van der Waals surface area contributed by atoms with Crippen LogP contribution >= 0.6 is 0 Å². The predicted octanol–water partition coefficient (Wildman–Crippen LogP) is 14.4. The smallest absolute Gasteiger partial charge is 0.373 e. The summed E-state index contributed by atoms with van der Waals surface area (Å²) in [6.45, 7) is 2.74. The highest BCUT2D eigenvalue weighted by molar-refractivity contribution is 5.10. The molecule has 3 fully saturated rings. The summed E-state index contributed by atoms with van der Waals surface area (Å²) < 4.78 is 387. The second-order valence-corrected chi connectivity index (χ2v) is 18.4. The molecule has 0 bridgehead atoms. The lowest BCUT2D eigenvalue weighted by Gasteiger charge is -2.52. The first-order chi connectivity index (χ1) is 30.7. The zero-order valence-electron chi connectivity index (χ0n) is 36.3. The maximum atomic E-state index is 13.1. The van der Waals surface area contributed by atoms with Gasteiger partial charge in [-0.15, -0.1) is 0 Å². The van der Waals surface area contributed by atoms with E-state index < -0.39 is 170 Å². The summed E-state index contributed by atoms with van der Waals surface area (Å²) >= 11 is 0. The van der Waals surface area contributed by atoms with Crippen LogP contribution < -0.4 is 0 Å². The maximum absolute atomic E-state index is 13.1. The summed E-state index contributed by atoms with van der Waals surface area (Å²) in [6.07, 6.45) is -68.3. The van der Waals surface area contributed by atoms with Gasteiger partial charge in [0.2, 0.25) is 0 Å². The van der Waals surface area contributed by atoms with Crippen molar-refractivity contribution in [2.75, 3.05) is 0 Å². The molecule has 4 N–H and O–H groups in total. The van der Waals surface area contributed by atoms with Crippen molar-refractivity contribution in [1.82, 2.24) is 0 Å². The fourth-order valence-corrected chi connectivity index (χ4v) is 9.57. The molecule has 0 spiro atoms. The highest BCUT2D eigenvalue weighted by atomic mass is 19.5. The quantitative estimate of drug-likeness (QED) is 0.207. The number of alkyl halides is 30. The van der Waals surface area contributed by atoms with Gasteiger partial charge in [0.15, 0.2) is 5.41 Å². The Labute approximate surface area is 381 Å². The van der Waals surface area contributed by atoms with E-state index in [0.29, 0.717) is 6.92 Å². The molecule has 0 saturated heterocycles. The van der Waals surface area contributed by atoms with Crippen LogP contribution in [0.3, 0.4) is 0 Å². The summed E-state index contributed by atoms with van der Waals surface area (Å²) in [7, 11) is 0. The number of aliphatic hydroxyl groups is 4. The molecular formula is C37H44F30O4. The van der Waals surface area contributed by atoms with E-state index in [1.54, 1.807) is 6.92 Å². The van der Waals surface area contributed by atoms with Crippen molar-refractivity contribution in [3.05, 3.63) is 0 Å². The maximum Gasteiger partial charge on any atom is 0.426 e. The van der Waals surface area contributed by atoms with Crippen molar-refractivity contribution >= 4 is 0 Å². The van der Waals surface area contributed by atoms with Crippen LogP contribution in [0.4, 0.5) is 132 Å². The minimum absolute atomic E-state index is 0.108. The van der Waals surface area contributed by atoms with E-state index in [2.05, 4.69) is 0 Å². The molecule has 2 atom stereocenters. The summed E-state index contributed by atoms with van der Waals surface area (Å²) in [5, 5.41) is 37.4. The predicted molar refractivity (Wildman–Crippen MR) is 180 cm³/mol. The van der Waals surface area contributed by atoms with Crippen LogP contribution in [0.15, 0.2) is 0 Å². The molecule has 0 aromatic heterocycles. The molecule has 71 heavy (non-hydrogen) atoms. The van der Waals surface area contributed by atoms with Crippen LogP contribution in [0.1, 0.15) is 91.9 Å². The lowest BCUT2D eigenvalue weighted by Crippen LogP contribution is -2.69. The first kappa shape index (κ1) is 66.8. The Balaban J connectivity index is 0.000000548. The van der Waals surface area contributed by atoms with Gasteiger partial charge in [-0.1, -0.05) is 33.6 Å². The van der Waals surface area contributed by atoms with Crippen molar-refractivity contribution < 1.29 is 152 Å². The van der Waals surface area contributed by atoms with E-state index in [0.717, 1.165) is 6.92 Å². The van der Waals surface area contributed by atoms with Gasteiger partial charge in [0, 0.05) is 23.7 Å². The SMILES string of the molecule is CC(C1CCC(C(O)(C(F)(F)F)C(F)(F)F)CC1)(C(F)(F)F)C(F)(F)F.CC1CC(C(O)(C(F)(F)F)C(F)(F)F)C(C)C(C(O)(C(F)(F)F)C(F)(F)F)C1.CC1CCC(C(O)(C(F)(F)F)C(F)(F)F)CC1. The minimum atomic E-state index is -6.43. The monoisotopic (exact) mass is 1120 g/mol. The molecule has 4 nitrogen and oxygen atoms in total. The third kappa shape index (κ3) is 12.4. The molecule has 3 saturated carbocycles. The van der Waals surface area contributed by atoms with Crippen LogP contribution in [-0.4, -0.2) is 105 Å². The van der Waals surface area contributed by atoms with E-state index in [9.17, 15) is 147 Å². The number of rotatable bonds is 5. The third-order valence-electron chi connectivity index (χ3n) is 14.0. The largest absolute Gasteiger partial charge is 0.426 e. The van der Waals surface area contributed by atoms with Gasteiger partial charge in [-0.05, 0) is 82.0 Å². The van der Waals surface area contributed by atoms with Crippen LogP contribution in [0.25, 0.3) is 0 Å². The van der Waals surface area contributed by atoms with Crippen LogP contribution in [0, 0.1) is 52.8 Å². The molecular weight excluding hydrogens is 1080 g/mol. The zero-order chi connectivity index (χ0) is 57.2. The fraction of sp³-hybridized carbons (Fsp3) is 1.00. The molecule has 34 heteroatoms. The van der Waals surface area contributed by atoms with E-state index in [1.807, 2.05) is 0 Å². The van der Waals surface area contributed by atoms with Crippen LogP contribution in [0.2, 0.25) is 0 Å². The summed E-state index contributed by atoms with van der Waals surface area (Å²) in [5.41, 5.74) is -25.1. The van der Waals surface area contributed by atoms with Crippen molar-refractivity contribution in [3.63, 3.8) is 0 Å². The molecule has 0 aromatic rings. The Hall–Kier alpha value is -2.26. The lowest BCUT2D eigenvalue weighted by atomic mass is 9.58. The molecule has 0 amide bonds. The molecule has 0 aliphatic heterocycles. The number of hydrogen-bond donors (Lipinski definition) is 4. The minimum Gasteiger partial charge on any atom is -0.373 e. The molecule has 3 aliphatic carbocycles. The highest BCUT2D eigenvalue weighted by Gasteiger charge is 2.80. The van der Waals surface area contributed by atoms with Gasteiger partial charge in [0.05, 0.1) is 0 Å². The van der Waals surface area contributed by atoms with Crippen LogP contribution in [-0.2, 0) is 0 Å². The molecule has 0 aromatic carbocycles.